The van der Waals surface area contributed by atoms with E-state index in [1.807, 2.05) is 43.9 Å². The van der Waals surface area contributed by atoms with Gasteiger partial charge in [-0.3, -0.25) is 0 Å². The molecule has 1 aliphatic heterocycles. The highest BCUT2D eigenvalue weighted by atomic mass is 16.6. The lowest BCUT2D eigenvalue weighted by Gasteiger charge is -2.34. The van der Waals surface area contributed by atoms with Crippen molar-refractivity contribution >= 4 is 6.09 Å². The molecule has 4 nitrogen and oxygen atoms in total. The van der Waals surface area contributed by atoms with Gasteiger partial charge >= 0.3 is 6.09 Å². The topological polar surface area (TPSA) is 41.6 Å². The van der Waals surface area contributed by atoms with Crippen molar-refractivity contribution in [3.63, 3.8) is 0 Å². The molecule has 0 bridgehead atoms. The van der Waals surface area contributed by atoms with Gasteiger partial charge in [0.1, 0.15) is 5.60 Å². The van der Waals surface area contributed by atoms with Gasteiger partial charge < -0.3 is 15.0 Å². The van der Waals surface area contributed by atoms with Crippen LogP contribution in [0.5, 0.6) is 0 Å². The van der Waals surface area contributed by atoms with E-state index in [0.29, 0.717) is 6.04 Å². The molecule has 0 radical (unpaired) electrons. The fourth-order valence-electron chi connectivity index (χ4n) is 2.49. The highest BCUT2D eigenvalue weighted by Gasteiger charge is 2.27. The summed E-state index contributed by atoms with van der Waals surface area (Å²) in [5.41, 5.74) is 0.841. The zero-order valence-electron chi connectivity index (χ0n) is 13.3. The van der Waals surface area contributed by atoms with E-state index in [1.165, 1.54) is 5.56 Å². The van der Waals surface area contributed by atoms with Crippen molar-refractivity contribution in [2.45, 2.75) is 51.8 Å². The summed E-state index contributed by atoms with van der Waals surface area (Å²) >= 11 is 0. The zero-order valence-corrected chi connectivity index (χ0v) is 13.3. The first-order valence-electron chi connectivity index (χ1n) is 7.69. The van der Waals surface area contributed by atoms with Crippen LogP contribution in [0.15, 0.2) is 30.3 Å². The number of carbonyl (C=O) groups is 1. The summed E-state index contributed by atoms with van der Waals surface area (Å²) in [6, 6.07) is 10.7. The molecule has 0 aliphatic carbocycles. The first kappa shape index (κ1) is 15.8. The van der Waals surface area contributed by atoms with Gasteiger partial charge in [0.2, 0.25) is 0 Å². The van der Waals surface area contributed by atoms with Crippen LogP contribution in [0.3, 0.4) is 0 Å². The van der Waals surface area contributed by atoms with E-state index < -0.39 is 5.60 Å². The second kappa shape index (κ2) is 6.94. The van der Waals surface area contributed by atoms with Crippen LogP contribution < -0.4 is 5.32 Å². The third-order valence-electron chi connectivity index (χ3n) is 3.51. The second-order valence-corrected chi connectivity index (χ2v) is 6.63. The third kappa shape index (κ3) is 5.38. The van der Waals surface area contributed by atoms with Crippen LogP contribution in [-0.2, 0) is 11.3 Å². The van der Waals surface area contributed by atoms with Gasteiger partial charge in [0, 0.05) is 25.7 Å². The molecule has 4 heteroatoms. The van der Waals surface area contributed by atoms with Crippen LogP contribution in [0.25, 0.3) is 0 Å². The van der Waals surface area contributed by atoms with Crippen molar-refractivity contribution in [1.29, 1.82) is 0 Å². The quantitative estimate of drug-likeness (QED) is 0.929. The molecule has 0 saturated carbocycles. The molecule has 2 rings (SSSR count). The van der Waals surface area contributed by atoms with Crippen molar-refractivity contribution in [2.24, 2.45) is 0 Å². The Labute approximate surface area is 127 Å². The molecular formula is C17H26N2O2. The van der Waals surface area contributed by atoms with E-state index in [2.05, 4.69) is 17.4 Å². The maximum absolute atomic E-state index is 12.1. The molecule has 1 saturated heterocycles. The van der Waals surface area contributed by atoms with Gasteiger partial charge in [-0.05, 0) is 39.2 Å². The van der Waals surface area contributed by atoms with E-state index in [4.69, 9.17) is 4.74 Å². The summed E-state index contributed by atoms with van der Waals surface area (Å²) in [4.78, 5) is 13.9. The average Bonchev–Trinajstić information content (AvgIpc) is 2.45. The number of nitrogens with zero attached hydrogens (tertiary/aromatic N) is 1. The maximum Gasteiger partial charge on any atom is 0.410 e. The van der Waals surface area contributed by atoms with E-state index >= 15 is 0 Å². The molecule has 0 spiro atoms. The number of benzene rings is 1. The SMILES string of the molecule is CC(C)(C)OC(=O)N1CCC[C@@H](NCc2ccccc2)C1. The molecule has 1 heterocycles. The largest absolute Gasteiger partial charge is 0.444 e. The number of ether oxygens (including phenoxy) is 1. The number of carbonyl (C=O) groups excluding carboxylic acids is 1. The second-order valence-electron chi connectivity index (χ2n) is 6.63. The van der Waals surface area contributed by atoms with E-state index in [-0.39, 0.29) is 6.09 Å². The number of nitrogens with one attached hydrogen (secondary N) is 1. The number of likely N-dealkylation sites (tertiary alicyclic amines) is 1. The molecule has 1 aliphatic rings. The van der Waals surface area contributed by atoms with E-state index in [0.717, 1.165) is 32.5 Å². The van der Waals surface area contributed by atoms with Gasteiger partial charge in [-0.25, -0.2) is 4.79 Å². The summed E-state index contributed by atoms with van der Waals surface area (Å²) in [7, 11) is 0. The predicted octanol–water partition coefficient (Wildman–Crippen LogP) is 3.18. The van der Waals surface area contributed by atoms with Gasteiger partial charge in [0.15, 0.2) is 0 Å². The van der Waals surface area contributed by atoms with Crippen LogP contribution in [0.4, 0.5) is 4.79 Å². The van der Waals surface area contributed by atoms with Crippen molar-refractivity contribution in [2.75, 3.05) is 13.1 Å². The Balaban J connectivity index is 1.82. The minimum atomic E-state index is -0.429. The van der Waals surface area contributed by atoms with Crippen molar-refractivity contribution in [1.82, 2.24) is 10.2 Å². The fraction of sp³-hybridized carbons (Fsp3) is 0.588. The average molecular weight is 290 g/mol. The van der Waals surface area contributed by atoms with Crippen molar-refractivity contribution < 1.29 is 9.53 Å². The van der Waals surface area contributed by atoms with Crippen LogP contribution >= 0.6 is 0 Å². The first-order valence-corrected chi connectivity index (χ1v) is 7.69. The summed E-state index contributed by atoms with van der Waals surface area (Å²) < 4.78 is 5.45. The van der Waals surface area contributed by atoms with E-state index in [1.54, 1.807) is 0 Å². The van der Waals surface area contributed by atoms with Gasteiger partial charge in [-0.15, -0.1) is 0 Å². The summed E-state index contributed by atoms with van der Waals surface area (Å²) in [6.07, 6.45) is 1.92. The normalized spacial score (nSPS) is 19.4. The smallest absolute Gasteiger partial charge is 0.410 e. The van der Waals surface area contributed by atoms with Gasteiger partial charge in [0.25, 0.3) is 0 Å². The molecule has 21 heavy (non-hydrogen) atoms. The van der Waals surface area contributed by atoms with Crippen molar-refractivity contribution in [3.8, 4) is 0 Å². The van der Waals surface area contributed by atoms with Gasteiger partial charge in [0.05, 0.1) is 0 Å². The lowest BCUT2D eigenvalue weighted by atomic mass is 10.1. The number of rotatable bonds is 3. The Morgan fingerprint density at radius 1 is 1.33 bits per heavy atom. The Morgan fingerprint density at radius 3 is 2.71 bits per heavy atom. The molecule has 0 aromatic heterocycles. The van der Waals surface area contributed by atoms with Gasteiger partial charge in [-0.1, -0.05) is 30.3 Å². The van der Waals surface area contributed by atoms with Crippen LogP contribution in [-0.4, -0.2) is 35.7 Å². The lowest BCUT2D eigenvalue weighted by Crippen LogP contribution is -2.49. The molecule has 1 amide bonds. The molecule has 1 N–H and O–H groups in total. The number of amides is 1. The molecule has 1 fully saturated rings. The number of piperidine rings is 1. The Hall–Kier alpha value is -1.55. The first-order chi connectivity index (χ1) is 9.94. The summed E-state index contributed by atoms with van der Waals surface area (Å²) in [5, 5.41) is 3.54. The maximum atomic E-state index is 12.1. The summed E-state index contributed by atoms with van der Waals surface area (Å²) in [6.45, 7) is 8.06. The minimum absolute atomic E-state index is 0.200. The number of hydrogen-bond acceptors (Lipinski definition) is 3. The zero-order chi connectivity index (χ0) is 15.3. The monoisotopic (exact) mass is 290 g/mol. The van der Waals surface area contributed by atoms with Crippen LogP contribution in [0.2, 0.25) is 0 Å². The number of hydrogen-bond donors (Lipinski definition) is 1. The van der Waals surface area contributed by atoms with Crippen LogP contribution in [0, 0.1) is 0 Å². The van der Waals surface area contributed by atoms with E-state index in [9.17, 15) is 4.79 Å². The molecule has 0 unspecified atom stereocenters. The molecule has 1 aromatic rings. The van der Waals surface area contributed by atoms with Crippen LogP contribution in [0.1, 0.15) is 39.2 Å². The Bertz CT molecular complexity index is 454. The third-order valence-corrected chi connectivity index (χ3v) is 3.51. The summed E-state index contributed by atoms with van der Waals surface area (Å²) in [5.74, 6) is 0. The molecule has 1 atom stereocenters. The molecule has 1 aromatic carbocycles. The Kier molecular flexibility index (Phi) is 5.23. The standard InChI is InChI=1S/C17H26N2O2/c1-17(2,3)21-16(20)19-11-7-10-15(13-19)18-12-14-8-5-4-6-9-14/h4-6,8-9,15,18H,7,10-13H2,1-3H3/t15-/m1/s1. The lowest BCUT2D eigenvalue weighted by molar-refractivity contribution is 0.0187. The Morgan fingerprint density at radius 2 is 2.05 bits per heavy atom. The van der Waals surface area contributed by atoms with Crippen molar-refractivity contribution in [3.05, 3.63) is 35.9 Å². The molecule has 116 valence electrons. The highest BCUT2D eigenvalue weighted by Crippen LogP contribution is 2.15. The molecular weight excluding hydrogens is 264 g/mol. The minimum Gasteiger partial charge on any atom is -0.444 e. The fourth-order valence-corrected chi connectivity index (χ4v) is 2.49. The predicted molar refractivity (Wildman–Crippen MR) is 84.1 cm³/mol. The van der Waals surface area contributed by atoms with Gasteiger partial charge in [-0.2, -0.15) is 0 Å². The highest BCUT2D eigenvalue weighted by molar-refractivity contribution is 5.68.